The molecule has 0 radical (unpaired) electrons. The Labute approximate surface area is 159 Å². The van der Waals surface area contributed by atoms with E-state index in [0.29, 0.717) is 18.8 Å². The molecular weight excluding hydrogens is 366 g/mol. The highest BCUT2D eigenvalue weighted by molar-refractivity contribution is 7.89. The molecule has 8 heteroatoms. The van der Waals surface area contributed by atoms with Crippen molar-refractivity contribution < 1.29 is 13.3 Å². The first-order valence-electron chi connectivity index (χ1n) is 8.99. The molecule has 0 aromatic heterocycles. The summed E-state index contributed by atoms with van der Waals surface area (Å²) in [5.74, 6) is 0. The van der Waals surface area contributed by atoms with Crippen LogP contribution in [0.15, 0.2) is 53.4 Å². The Hall–Kier alpha value is -2.45. The van der Waals surface area contributed by atoms with Gasteiger partial charge in [-0.15, -0.1) is 0 Å². The molecule has 1 atom stereocenters. The molecule has 27 heavy (non-hydrogen) atoms. The van der Waals surface area contributed by atoms with Crippen molar-refractivity contribution in [2.75, 3.05) is 18.4 Å². The first-order valence-corrected chi connectivity index (χ1v) is 10.4. The molecule has 0 amide bonds. The van der Waals surface area contributed by atoms with Crippen LogP contribution >= 0.6 is 0 Å². The molecule has 7 nitrogen and oxygen atoms in total. The maximum absolute atomic E-state index is 12.8. The predicted octanol–water partition coefficient (Wildman–Crippen LogP) is 3.94. The van der Waals surface area contributed by atoms with E-state index in [9.17, 15) is 18.5 Å². The lowest BCUT2D eigenvalue weighted by Gasteiger charge is -2.26. The van der Waals surface area contributed by atoms with Crippen molar-refractivity contribution in [1.29, 1.82) is 0 Å². The van der Waals surface area contributed by atoms with Gasteiger partial charge in [-0.2, -0.15) is 4.31 Å². The number of anilines is 1. The van der Waals surface area contributed by atoms with Gasteiger partial charge in [0.05, 0.1) is 9.82 Å². The van der Waals surface area contributed by atoms with Crippen molar-refractivity contribution >= 4 is 21.4 Å². The Morgan fingerprint density at radius 3 is 2.37 bits per heavy atom. The molecule has 0 saturated carbocycles. The zero-order valence-corrected chi connectivity index (χ0v) is 16.0. The predicted molar refractivity (Wildman–Crippen MR) is 104 cm³/mol. The van der Waals surface area contributed by atoms with Gasteiger partial charge in [-0.3, -0.25) is 10.1 Å². The van der Waals surface area contributed by atoms with E-state index in [1.807, 2.05) is 37.3 Å². The number of sulfonamides is 1. The molecule has 1 aliphatic heterocycles. The SMILES string of the molecule is C[C@@H](Nc1ccc(S(=O)(=O)N2CCCCC2)cc1[N+](=O)[O-])c1ccccc1. The molecule has 3 rings (SSSR count). The van der Waals surface area contributed by atoms with Gasteiger partial charge in [0, 0.05) is 25.2 Å². The maximum atomic E-state index is 12.8. The second kappa shape index (κ2) is 8.06. The molecular formula is C19H23N3O4S. The molecule has 1 heterocycles. The quantitative estimate of drug-likeness (QED) is 0.597. The lowest BCUT2D eigenvalue weighted by Crippen LogP contribution is -2.35. The van der Waals surface area contributed by atoms with Crippen molar-refractivity contribution in [2.45, 2.75) is 37.1 Å². The highest BCUT2D eigenvalue weighted by Gasteiger charge is 2.28. The summed E-state index contributed by atoms with van der Waals surface area (Å²) in [6.07, 6.45) is 2.64. The summed E-state index contributed by atoms with van der Waals surface area (Å²) >= 11 is 0. The number of hydrogen-bond donors (Lipinski definition) is 1. The van der Waals surface area contributed by atoms with Crippen molar-refractivity contribution in [3.05, 3.63) is 64.2 Å². The fourth-order valence-corrected chi connectivity index (χ4v) is 4.80. The van der Waals surface area contributed by atoms with Crippen LogP contribution in [0.25, 0.3) is 0 Å². The van der Waals surface area contributed by atoms with Crippen molar-refractivity contribution in [2.24, 2.45) is 0 Å². The van der Waals surface area contributed by atoms with Gasteiger partial charge in [0.2, 0.25) is 10.0 Å². The van der Waals surface area contributed by atoms with Crippen LogP contribution in [0, 0.1) is 10.1 Å². The summed E-state index contributed by atoms with van der Waals surface area (Å²) < 4.78 is 27.0. The zero-order valence-electron chi connectivity index (χ0n) is 15.2. The lowest BCUT2D eigenvalue weighted by molar-refractivity contribution is -0.384. The molecule has 2 aromatic rings. The molecule has 0 aliphatic carbocycles. The van der Waals surface area contributed by atoms with Crippen LogP contribution in [0.2, 0.25) is 0 Å². The Bertz CT molecular complexity index is 910. The highest BCUT2D eigenvalue weighted by atomic mass is 32.2. The van der Waals surface area contributed by atoms with E-state index < -0.39 is 14.9 Å². The molecule has 1 aliphatic rings. The average molecular weight is 389 g/mol. The van der Waals surface area contributed by atoms with Crippen LogP contribution in [0.3, 0.4) is 0 Å². The van der Waals surface area contributed by atoms with E-state index in [1.165, 1.54) is 16.4 Å². The second-order valence-corrected chi connectivity index (χ2v) is 8.62. The van der Waals surface area contributed by atoms with Gasteiger partial charge in [-0.1, -0.05) is 36.8 Å². The summed E-state index contributed by atoms with van der Waals surface area (Å²) in [7, 11) is -3.71. The summed E-state index contributed by atoms with van der Waals surface area (Å²) in [4.78, 5) is 11.0. The molecule has 0 spiro atoms. The number of rotatable bonds is 6. The molecule has 0 unspecified atom stereocenters. The number of nitrogens with zero attached hydrogens (tertiary/aromatic N) is 2. The lowest BCUT2D eigenvalue weighted by atomic mass is 10.1. The first kappa shape index (κ1) is 19.3. The number of piperidine rings is 1. The third-order valence-corrected chi connectivity index (χ3v) is 6.68. The fraction of sp³-hybridized carbons (Fsp3) is 0.368. The second-order valence-electron chi connectivity index (χ2n) is 6.68. The molecule has 1 saturated heterocycles. The third kappa shape index (κ3) is 4.28. The van der Waals surface area contributed by atoms with Crippen LogP contribution in [-0.2, 0) is 10.0 Å². The van der Waals surface area contributed by atoms with E-state index >= 15 is 0 Å². The van der Waals surface area contributed by atoms with Crippen LogP contribution in [0.5, 0.6) is 0 Å². The average Bonchev–Trinajstić information content (AvgIpc) is 2.69. The Kier molecular flexibility index (Phi) is 5.76. The van der Waals surface area contributed by atoms with E-state index in [-0.39, 0.29) is 16.6 Å². The van der Waals surface area contributed by atoms with Gasteiger partial charge in [0.15, 0.2) is 0 Å². The first-order chi connectivity index (χ1) is 12.9. The summed E-state index contributed by atoms with van der Waals surface area (Å²) in [5.41, 5.74) is 1.04. The number of benzene rings is 2. The van der Waals surface area contributed by atoms with Crippen LogP contribution in [-0.4, -0.2) is 30.7 Å². The molecule has 2 aromatic carbocycles. The van der Waals surface area contributed by atoms with Crippen LogP contribution in [0.4, 0.5) is 11.4 Å². The largest absolute Gasteiger partial charge is 0.373 e. The van der Waals surface area contributed by atoms with Crippen LogP contribution in [0.1, 0.15) is 37.8 Å². The Morgan fingerprint density at radius 1 is 1.07 bits per heavy atom. The van der Waals surface area contributed by atoms with E-state index in [4.69, 9.17) is 0 Å². The van der Waals surface area contributed by atoms with Gasteiger partial charge >= 0.3 is 0 Å². The fourth-order valence-electron chi connectivity index (χ4n) is 3.26. The van der Waals surface area contributed by atoms with Gasteiger partial charge in [-0.25, -0.2) is 8.42 Å². The summed E-state index contributed by atoms with van der Waals surface area (Å²) in [6, 6.07) is 13.5. The number of hydrogen-bond acceptors (Lipinski definition) is 5. The molecule has 1 fully saturated rings. The monoisotopic (exact) mass is 389 g/mol. The maximum Gasteiger partial charge on any atom is 0.293 e. The van der Waals surface area contributed by atoms with Crippen molar-refractivity contribution in [3.8, 4) is 0 Å². The molecule has 144 valence electrons. The van der Waals surface area contributed by atoms with Crippen molar-refractivity contribution in [1.82, 2.24) is 4.31 Å². The molecule has 0 bridgehead atoms. The van der Waals surface area contributed by atoms with Gasteiger partial charge in [0.1, 0.15) is 5.69 Å². The minimum Gasteiger partial charge on any atom is -0.373 e. The van der Waals surface area contributed by atoms with E-state index in [2.05, 4.69) is 5.32 Å². The Morgan fingerprint density at radius 2 is 1.74 bits per heavy atom. The third-order valence-electron chi connectivity index (χ3n) is 4.79. The summed E-state index contributed by atoms with van der Waals surface area (Å²) in [6.45, 7) is 2.82. The van der Waals surface area contributed by atoms with Crippen LogP contribution < -0.4 is 5.32 Å². The van der Waals surface area contributed by atoms with E-state index in [0.717, 1.165) is 30.9 Å². The number of nitrogens with one attached hydrogen (secondary N) is 1. The topological polar surface area (TPSA) is 92.6 Å². The van der Waals surface area contributed by atoms with Gasteiger partial charge in [0.25, 0.3) is 5.69 Å². The minimum atomic E-state index is -3.71. The Balaban J connectivity index is 1.90. The van der Waals surface area contributed by atoms with Gasteiger partial charge < -0.3 is 5.32 Å². The number of nitro groups is 1. The smallest absolute Gasteiger partial charge is 0.293 e. The van der Waals surface area contributed by atoms with Crippen molar-refractivity contribution in [3.63, 3.8) is 0 Å². The number of nitro benzene ring substituents is 1. The van der Waals surface area contributed by atoms with Gasteiger partial charge in [-0.05, 0) is 37.5 Å². The summed E-state index contributed by atoms with van der Waals surface area (Å²) in [5, 5.41) is 14.7. The minimum absolute atomic E-state index is 0.0333. The normalized spacial score (nSPS) is 16.6. The molecule has 1 N–H and O–H groups in total. The standard InChI is InChI=1S/C19H23N3O4S/c1-15(16-8-4-2-5-9-16)20-18-11-10-17(14-19(18)22(23)24)27(25,26)21-12-6-3-7-13-21/h2,4-5,8-11,14-15,20H,3,6-7,12-13H2,1H3/t15-/m1/s1. The van der Waals surface area contributed by atoms with E-state index in [1.54, 1.807) is 0 Å². The zero-order chi connectivity index (χ0) is 19.4. The highest BCUT2D eigenvalue weighted by Crippen LogP contribution is 2.32.